The number of hydrogen-bond acceptors (Lipinski definition) is 5. The summed E-state index contributed by atoms with van der Waals surface area (Å²) in [5, 5.41) is 16.9. The molecule has 1 aliphatic heterocycles. The molecular weight excluding hydrogens is 328 g/mol. The molecule has 0 saturated heterocycles. The van der Waals surface area contributed by atoms with Gasteiger partial charge in [-0.2, -0.15) is 5.26 Å². The number of benzene rings is 1. The van der Waals surface area contributed by atoms with E-state index in [1.807, 2.05) is 24.3 Å². The van der Waals surface area contributed by atoms with E-state index in [2.05, 4.69) is 30.1 Å². The summed E-state index contributed by atoms with van der Waals surface area (Å²) in [6.07, 6.45) is 3.92. The molecule has 3 rings (SSSR count). The van der Waals surface area contributed by atoms with Crippen LogP contribution in [0.3, 0.4) is 0 Å². The van der Waals surface area contributed by atoms with E-state index in [4.69, 9.17) is 15.2 Å². The Kier molecular flexibility index (Phi) is 5.47. The summed E-state index contributed by atoms with van der Waals surface area (Å²) in [4.78, 5) is 0. The third-order valence-electron chi connectivity index (χ3n) is 4.50. The molecule has 136 valence electrons. The quantitative estimate of drug-likeness (QED) is 0.740. The van der Waals surface area contributed by atoms with Gasteiger partial charge in [0.1, 0.15) is 17.4 Å². The van der Waals surface area contributed by atoms with E-state index in [1.165, 1.54) is 0 Å². The van der Waals surface area contributed by atoms with Crippen molar-refractivity contribution in [3.05, 3.63) is 52.5 Å². The highest BCUT2D eigenvalue weighted by Crippen LogP contribution is 2.43. The largest absolute Gasteiger partial charge is 0.494 e. The number of aryl methyl sites for hydroxylation is 1. The number of allylic oxidation sites excluding steroid dienone is 1. The van der Waals surface area contributed by atoms with Crippen molar-refractivity contribution in [2.75, 3.05) is 6.61 Å². The van der Waals surface area contributed by atoms with Crippen LogP contribution in [0.4, 0.5) is 0 Å². The highest BCUT2D eigenvalue weighted by atomic mass is 16.5. The summed E-state index contributed by atoms with van der Waals surface area (Å²) in [6.45, 7) is 4.94. The van der Waals surface area contributed by atoms with Gasteiger partial charge in [-0.15, -0.1) is 5.10 Å². The Morgan fingerprint density at radius 1 is 1.27 bits per heavy atom. The summed E-state index contributed by atoms with van der Waals surface area (Å²) in [5.74, 6) is 1.11. The van der Waals surface area contributed by atoms with Crippen molar-refractivity contribution in [1.29, 1.82) is 5.26 Å². The second-order valence-electron chi connectivity index (χ2n) is 6.37. The van der Waals surface area contributed by atoms with E-state index in [0.717, 1.165) is 48.3 Å². The van der Waals surface area contributed by atoms with Crippen LogP contribution in [0.1, 0.15) is 55.8 Å². The number of nitrogens with zero attached hydrogens (tertiary/aromatic N) is 2. The Morgan fingerprint density at radius 2 is 2.04 bits per heavy atom. The summed E-state index contributed by atoms with van der Waals surface area (Å²) >= 11 is 0. The second kappa shape index (κ2) is 7.96. The van der Waals surface area contributed by atoms with E-state index in [9.17, 15) is 5.26 Å². The standard InChI is InChI=1S/C20H24N4O2/c1-3-5-11-25-14-9-7-13(8-10-14)17-15(12-21)19(22)26-20-18(17)16(6-4-2)23-24-20/h7-10,17H,3-6,11,22H2,1-2H3,(H,23,24). The van der Waals surface area contributed by atoms with Crippen LogP contribution in [0.15, 0.2) is 35.7 Å². The fourth-order valence-electron chi connectivity index (χ4n) is 3.17. The van der Waals surface area contributed by atoms with Gasteiger partial charge >= 0.3 is 0 Å². The third kappa shape index (κ3) is 3.38. The second-order valence-corrected chi connectivity index (χ2v) is 6.37. The zero-order valence-corrected chi connectivity index (χ0v) is 15.2. The first kappa shape index (κ1) is 17.9. The Bertz CT molecular complexity index is 830. The van der Waals surface area contributed by atoms with Crippen molar-refractivity contribution in [2.24, 2.45) is 5.73 Å². The van der Waals surface area contributed by atoms with Crippen molar-refractivity contribution in [2.45, 2.75) is 45.4 Å². The van der Waals surface area contributed by atoms with Crippen molar-refractivity contribution in [3.8, 4) is 17.7 Å². The van der Waals surface area contributed by atoms with Crippen LogP contribution < -0.4 is 15.2 Å². The zero-order chi connectivity index (χ0) is 18.5. The number of nitriles is 1. The summed E-state index contributed by atoms with van der Waals surface area (Å²) in [6, 6.07) is 10.0. The van der Waals surface area contributed by atoms with Crippen molar-refractivity contribution >= 4 is 0 Å². The molecule has 26 heavy (non-hydrogen) atoms. The number of aromatic nitrogens is 2. The maximum absolute atomic E-state index is 9.65. The van der Waals surface area contributed by atoms with Gasteiger partial charge in [-0.1, -0.05) is 38.8 Å². The number of nitrogens with one attached hydrogen (secondary N) is 1. The number of H-pyrrole nitrogens is 1. The Balaban J connectivity index is 1.97. The summed E-state index contributed by atoms with van der Waals surface area (Å²) in [7, 11) is 0. The minimum absolute atomic E-state index is 0.114. The summed E-state index contributed by atoms with van der Waals surface area (Å²) in [5.41, 5.74) is 9.25. The predicted octanol–water partition coefficient (Wildman–Crippen LogP) is 3.76. The Labute approximate surface area is 153 Å². The minimum Gasteiger partial charge on any atom is -0.494 e. The molecule has 0 bridgehead atoms. The van der Waals surface area contributed by atoms with Crippen LogP contribution in [0.25, 0.3) is 0 Å². The lowest BCUT2D eigenvalue weighted by Gasteiger charge is -2.24. The lowest BCUT2D eigenvalue weighted by molar-refractivity contribution is 0.309. The number of unbranched alkanes of at least 4 members (excludes halogenated alkanes) is 1. The maximum Gasteiger partial charge on any atom is 0.244 e. The molecule has 0 amide bonds. The first-order valence-electron chi connectivity index (χ1n) is 9.07. The molecule has 0 spiro atoms. The van der Waals surface area contributed by atoms with Gasteiger partial charge in [0.15, 0.2) is 0 Å². The molecule has 0 aliphatic carbocycles. The van der Waals surface area contributed by atoms with Gasteiger partial charge in [0.05, 0.1) is 12.5 Å². The number of fused-ring (bicyclic) bond motifs is 1. The number of nitrogens with two attached hydrogens (primary N) is 1. The first-order chi connectivity index (χ1) is 12.7. The number of aromatic amines is 1. The Morgan fingerprint density at radius 3 is 2.69 bits per heavy atom. The lowest BCUT2D eigenvalue weighted by atomic mass is 9.83. The monoisotopic (exact) mass is 352 g/mol. The first-order valence-corrected chi connectivity index (χ1v) is 9.07. The van der Waals surface area contributed by atoms with Gasteiger partial charge in [0, 0.05) is 11.3 Å². The van der Waals surface area contributed by atoms with Crippen molar-refractivity contribution < 1.29 is 9.47 Å². The van der Waals surface area contributed by atoms with Crippen molar-refractivity contribution in [1.82, 2.24) is 10.2 Å². The summed E-state index contributed by atoms with van der Waals surface area (Å²) < 4.78 is 11.3. The molecule has 2 heterocycles. The molecule has 1 aromatic heterocycles. The fraction of sp³-hybridized carbons (Fsp3) is 0.400. The fourth-order valence-corrected chi connectivity index (χ4v) is 3.17. The SMILES string of the molecule is CCCCOc1ccc(C2C(C#N)=C(N)Oc3n[nH]c(CCC)c32)cc1. The van der Waals surface area contributed by atoms with Gasteiger partial charge in [-0.3, -0.25) is 5.10 Å². The van der Waals surface area contributed by atoms with E-state index >= 15 is 0 Å². The molecule has 0 saturated carbocycles. The van der Waals surface area contributed by atoms with Crippen LogP contribution in [0.2, 0.25) is 0 Å². The van der Waals surface area contributed by atoms with Crippen LogP contribution >= 0.6 is 0 Å². The van der Waals surface area contributed by atoms with Gasteiger partial charge in [0.25, 0.3) is 0 Å². The van der Waals surface area contributed by atoms with Gasteiger partial charge in [-0.25, -0.2) is 0 Å². The minimum atomic E-state index is -0.284. The molecule has 2 aromatic rings. The predicted molar refractivity (Wildman–Crippen MR) is 98.7 cm³/mol. The molecule has 1 aromatic carbocycles. The van der Waals surface area contributed by atoms with E-state index in [-0.39, 0.29) is 11.8 Å². The molecule has 6 heteroatoms. The molecule has 0 fully saturated rings. The van der Waals surface area contributed by atoms with Crippen LogP contribution in [0.5, 0.6) is 11.6 Å². The molecular formula is C20H24N4O2. The van der Waals surface area contributed by atoms with Gasteiger partial charge in [-0.05, 0) is 30.5 Å². The average molecular weight is 352 g/mol. The van der Waals surface area contributed by atoms with E-state index < -0.39 is 0 Å². The molecule has 6 nitrogen and oxygen atoms in total. The third-order valence-corrected chi connectivity index (χ3v) is 4.50. The smallest absolute Gasteiger partial charge is 0.244 e. The zero-order valence-electron chi connectivity index (χ0n) is 15.2. The Hall–Kier alpha value is -2.94. The van der Waals surface area contributed by atoms with Gasteiger partial charge < -0.3 is 15.2 Å². The lowest BCUT2D eigenvalue weighted by Crippen LogP contribution is -2.21. The van der Waals surface area contributed by atoms with Gasteiger partial charge in [0.2, 0.25) is 11.8 Å². The maximum atomic E-state index is 9.65. The molecule has 1 atom stereocenters. The highest BCUT2D eigenvalue weighted by Gasteiger charge is 2.34. The van der Waals surface area contributed by atoms with Crippen LogP contribution in [-0.2, 0) is 6.42 Å². The van der Waals surface area contributed by atoms with Crippen LogP contribution in [0, 0.1) is 11.3 Å². The average Bonchev–Trinajstić information content (AvgIpc) is 3.04. The van der Waals surface area contributed by atoms with E-state index in [1.54, 1.807) is 0 Å². The topological polar surface area (TPSA) is 96.9 Å². The van der Waals surface area contributed by atoms with Crippen molar-refractivity contribution in [3.63, 3.8) is 0 Å². The van der Waals surface area contributed by atoms with E-state index in [0.29, 0.717) is 18.1 Å². The molecule has 1 aliphatic rings. The normalized spacial score (nSPS) is 16.0. The number of rotatable bonds is 7. The molecule has 0 radical (unpaired) electrons. The highest BCUT2D eigenvalue weighted by molar-refractivity contribution is 5.55. The molecule has 1 unspecified atom stereocenters. The number of hydrogen-bond donors (Lipinski definition) is 2. The molecule has 3 N–H and O–H groups in total. The number of ether oxygens (including phenoxy) is 2. The van der Waals surface area contributed by atoms with Crippen LogP contribution in [-0.4, -0.2) is 16.8 Å².